The number of halogens is 2. The summed E-state index contributed by atoms with van der Waals surface area (Å²) in [7, 11) is 0. The molecule has 1 aliphatic rings. The molecule has 0 amide bonds. The van der Waals surface area contributed by atoms with E-state index < -0.39 is 11.6 Å². The molecule has 1 aromatic carbocycles. The summed E-state index contributed by atoms with van der Waals surface area (Å²) in [5.41, 5.74) is 0.356. The van der Waals surface area contributed by atoms with Crippen LogP contribution in [0.15, 0.2) is 18.2 Å². The maximum Gasteiger partial charge on any atom is 0.128 e. The van der Waals surface area contributed by atoms with E-state index in [1.807, 2.05) is 11.8 Å². The van der Waals surface area contributed by atoms with Gasteiger partial charge in [0.25, 0.3) is 0 Å². The van der Waals surface area contributed by atoms with E-state index in [0.717, 1.165) is 18.7 Å². The lowest BCUT2D eigenvalue weighted by atomic mass is 10.1. The highest BCUT2D eigenvalue weighted by molar-refractivity contribution is 5.22. The van der Waals surface area contributed by atoms with Crippen molar-refractivity contribution in [3.8, 4) is 0 Å². The number of hydrogen-bond acceptors (Lipinski definition) is 2. The zero-order valence-electron chi connectivity index (χ0n) is 9.16. The SMILES string of the molecule is CC(c1cc(F)ccc1F)N1CC[C@H](O)C1. The summed E-state index contributed by atoms with van der Waals surface area (Å²) < 4.78 is 26.6. The van der Waals surface area contributed by atoms with Gasteiger partial charge in [-0.05, 0) is 31.5 Å². The Morgan fingerprint density at radius 3 is 2.81 bits per heavy atom. The molecule has 0 aliphatic carbocycles. The van der Waals surface area contributed by atoms with Crippen molar-refractivity contribution in [3.63, 3.8) is 0 Å². The summed E-state index contributed by atoms with van der Waals surface area (Å²) in [4.78, 5) is 1.96. The molecule has 0 bridgehead atoms. The van der Waals surface area contributed by atoms with Gasteiger partial charge in [-0.3, -0.25) is 4.90 Å². The minimum absolute atomic E-state index is 0.201. The fourth-order valence-corrected chi connectivity index (χ4v) is 2.15. The minimum atomic E-state index is -0.428. The van der Waals surface area contributed by atoms with Gasteiger partial charge in [0.05, 0.1) is 6.10 Å². The van der Waals surface area contributed by atoms with Crippen LogP contribution in [0, 0.1) is 11.6 Å². The van der Waals surface area contributed by atoms with Gasteiger partial charge >= 0.3 is 0 Å². The minimum Gasteiger partial charge on any atom is -0.392 e. The Hall–Kier alpha value is -1.00. The van der Waals surface area contributed by atoms with Gasteiger partial charge in [-0.2, -0.15) is 0 Å². The third kappa shape index (κ3) is 2.23. The summed E-state index contributed by atoms with van der Waals surface area (Å²) in [5, 5.41) is 9.41. The van der Waals surface area contributed by atoms with Crippen molar-refractivity contribution in [3.05, 3.63) is 35.4 Å². The van der Waals surface area contributed by atoms with Crippen LogP contribution in [0.5, 0.6) is 0 Å². The van der Waals surface area contributed by atoms with E-state index in [0.29, 0.717) is 18.5 Å². The molecular formula is C12H15F2NO. The number of nitrogens with zero attached hydrogens (tertiary/aromatic N) is 1. The summed E-state index contributed by atoms with van der Waals surface area (Å²) in [6.45, 7) is 3.07. The molecule has 2 rings (SSSR count). The van der Waals surface area contributed by atoms with E-state index in [-0.39, 0.29) is 12.1 Å². The molecular weight excluding hydrogens is 212 g/mol. The molecule has 1 aromatic rings. The third-order valence-electron chi connectivity index (χ3n) is 3.15. The van der Waals surface area contributed by atoms with Gasteiger partial charge < -0.3 is 5.11 Å². The Morgan fingerprint density at radius 2 is 2.19 bits per heavy atom. The molecule has 1 saturated heterocycles. The van der Waals surface area contributed by atoms with Crippen LogP contribution in [0.1, 0.15) is 24.9 Å². The molecule has 1 fully saturated rings. The van der Waals surface area contributed by atoms with Gasteiger partial charge in [0.15, 0.2) is 0 Å². The zero-order chi connectivity index (χ0) is 11.7. The fraction of sp³-hybridized carbons (Fsp3) is 0.500. The normalized spacial score (nSPS) is 23.6. The highest BCUT2D eigenvalue weighted by Gasteiger charge is 2.26. The van der Waals surface area contributed by atoms with Crippen LogP contribution in [0.4, 0.5) is 8.78 Å². The molecule has 1 heterocycles. The first-order valence-corrected chi connectivity index (χ1v) is 5.45. The average Bonchev–Trinajstić information content (AvgIpc) is 2.67. The lowest BCUT2D eigenvalue weighted by Gasteiger charge is -2.24. The number of aliphatic hydroxyl groups excluding tert-OH is 1. The van der Waals surface area contributed by atoms with Crippen molar-refractivity contribution in [2.24, 2.45) is 0 Å². The first-order chi connectivity index (χ1) is 7.58. The van der Waals surface area contributed by atoms with E-state index in [2.05, 4.69) is 0 Å². The maximum atomic E-state index is 13.5. The van der Waals surface area contributed by atoms with Crippen molar-refractivity contribution < 1.29 is 13.9 Å². The molecule has 88 valence electrons. The first-order valence-electron chi connectivity index (χ1n) is 5.45. The number of β-amino-alcohol motifs (C(OH)–C–C–N with tert-alkyl or cyclic N) is 1. The predicted molar refractivity (Wildman–Crippen MR) is 57.0 cm³/mol. The van der Waals surface area contributed by atoms with Crippen LogP contribution < -0.4 is 0 Å². The van der Waals surface area contributed by atoms with E-state index in [1.165, 1.54) is 6.07 Å². The Kier molecular flexibility index (Phi) is 3.21. The second-order valence-electron chi connectivity index (χ2n) is 4.28. The molecule has 1 aliphatic heterocycles. The van der Waals surface area contributed by atoms with Gasteiger partial charge in [-0.25, -0.2) is 8.78 Å². The van der Waals surface area contributed by atoms with Crippen LogP contribution in [0.3, 0.4) is 0 Å². The third-order valence-corrected chi connectivity index (χ3v) is 3.15. The second kappa shape index (κ2) is 4.47. The number of likely N-dealkylation sites (tertiary alicyclic amines) is 1. The predicted octanol–water partition coefficient (Wildman–Crippen LogP) is 2.09. The summed E-state index contributed by atoms with van der Waals surface area (Å²) in [6.07, 6.45) is 0.348. The molecule has 2 nitrogen and oxygen atoms in total. The van der Waals surface area contributed by atoms with Crippen LogP contribution in [-0.4, -0.2) is 29.2 Å². The van der Waals surface area contributed by atoms with Crippen molar-refractivity contribution in [2.75, 3.05) is 13.1 Å². The molecule has 1 N–H and O–H groups in total. The standard InChI is InChI=1S/C12H15F2NO/c1-8(15-5-4-10(16)7-15)11-6-9(13)2-3-12(11)14/h2-3,6,8,10,16H,4-5,7H2,1H3/t8?,10-/m0/s1. The summed E-state index contributed by atoms with van der Waals surface area (Å²) in [5.74, 6) is -0.821. The second-order valence-corrected chi connectivity index (χ2v) is 4.28. The smallest absolute Gasteiger partial charge is 0.128 e. The molecule has 0 saturated carbocycles. The molecule has 2 atom stereocenters. The fourth-order valence-electron chi connectivity index (χ4n) is 2.15. The van der Waals surface area contributed by atoms with Crippen molar-refractivity contribution in [2.45, 2.75) is 25.5 Å². The quantitative estimate of drug-likeness (QED) is 0.836. The Morgan fingerprint density at radius 1 is 1.44 bits per heavy atom. The Labute approximate surface area is 93.5 Å². The van der Waals surface area contributed by atoms with Gasteiger partial charge in [0.1, 0.15) is 11.6 Å². The average molecular weight is 227 g/mol. The van der Waals surface area contributed by atoms with Crippen LogP contribution >= 0.6 is 0 Å². The molecule has 1 unspecified atom stereocenters. The summed E-state index contributed by atoms with van der Waals surface area (Å²) >= 11 is 0. The first kappa shape index (κ1) is 11.5. The van der Waals surface area contributed by atoms with E-state index in [1.54, 1.807) is 0 Å². The molecule has 4 heteroatoms. The molecule has 0 aromatic heterocycles. The van der Waals surface area contributed by atoms with Gasteiger partial charge in [0.2, 0.25) is 0 Å². The lowest BCUT2D eigenvalue weighted by Crippen LogP contribution is -2.26. The Bertz CT molecular complexity index is 383. The highest BCUT2D eigenvalue weighted by Crippen LogP contribution is 2.27. The van der Waals surface area contributed by atoms with Crippen molar-refractivity contribution in [1.82, 2.24) is 4.90 Å². The highest BCUT2D eigenvalue weighted by atomic mass is 19.1. The number of benzene rings is 1. The largest absolute Gasteiger partial charge is 0.392 e. The Balaban J connectivity index is 2.20. The van der Waals surface area contributed by atoms with Crippen molar-refractivity contribution in [1.29, 1.82) is 0 Å². The monoisotopic (exact) mass is 227 g/mol. The van der Waals surface area contributed by atoms with Crippen molar-refractivity contribution >= 4 is 0 Å². The topological polar surface area (TPSA) is 23.5 Å². The number of aliphatic hydroxyl groups is 1. The van der Waals surface area contributed by atoms with Crippen LogP contribution in [0.2, 0.25) is 0 Å². The lowest BCUT2D eigenvalue weighted by molar-refractivity contribution is 0.162. The molecule has 16 heavy (non-hydrogen) atoms. The summed E-state index contributed by atoms with van der Waals surface area (Å²) in [6, 6.07) is 3.29. The zero-order valence-corrected chi connectivity index (χ0v) is 9.16. The van der Waals surface area contributed by atoms with E-state index in [9.17, 15) is 13.9 Å². The maximum absolute atomic E-state index is 13.5. The molecule has 0 spiro atoms. The van der Waals surface area contributed by atoms with Gasteiger partial charge in [-0.15, -0.1) is 0 Å². The van der Waals surface area contributed by atoms with Crippen LogP contribution in [0.25, 0.3) is 0 Å². The van der Waals surface area contributed by atoms with Crippen LogP contribution in [-0.2, 0) is 0 Å². The van der Waals surface area contributed by atoms with E-state index in [4.69, 9.17) is 0 Å². The number of hydrogen-bond donors (Lipinski definition) is 1. The van der Waals surface area contributed by atoms with E-state index >= 15 is 0 Å². The molecule has 0 radical (unpaired) electrons. The van der Waals surface area contributed by atoms with Gasteiger partial charge in [-0.1, -0.05) is 0 Å². The van der Waals surface area contributed by atoms with Gasteiger partial charge in [0, 0.05) is 24.7 Å². The number of rotatable bonds is 2.